The zero-order chi connectivity index (χ0) is 29.5. The number of nitrogens with zero attached hydrogens (tertiary/aromatic N) is 2. The van der Waals surface area contributed by atoms with Crippen LogP contribution in [0, 0.1) is 0 Å². The van der Waals surface area contributed by atoms with E-state index in [-0.39, 0.29) is 65.7 Å². The largest absolute Gasteiger partial charge is 1.00 e. The molecule has 0 saturated carbocycles. The van der Waals surface area contributed by atoms with Crippen molar-refractivity contribution < 1.29 is 71.5 Å². The second-order valence-corrected chi connectivity index (χ2v) is 9.73. The van der Waals surface area contributed by atoms with Crippen molar-refractivity contribution in [2.75, 3.05) is 21.3 Å². The monoisotopic (exact) mass is 812 g/mol. The normalized spacial score (nSPS) is 9.95. The van der Waals surface area contributed by atoms with Crippen molar-refractivity contribution in [3.05, 3.63) is 139 Å². The lowest BCUT2D eigenvalue weighted by Crippen LogP contribution is -3.00. The van der Waals surface area contributed by atoms with Crippen molar-refractivity contribution in [1.29, 1.82) is 0 Å². The van der Waals surface area contributed by atoms with Crippen LogP contribution in [0.1, 0.15) is 31.1 Å². The summed E-state index contributed by atoms with van der Waals surface area (Å²) >= 11 is 0. The second-order valence-electron chi connectivity index (χ2n) is 9.73. The van der Waals surface area contributed by atoms with E-state index in [4.69, 9.17) is 0 Å². The van der Waals surface area contributed by atoms with Gasteiger partial charge in [0, 0.05) is 52.0 Å². The number of carbonyl (C=O) groups is 3. The second kappa shape index (κ2) is 15.9. The standard InChI is InChI=1S/C33H28N6O3.2HI/c1-38-19-16-27(17-20-38)34-28-5-3-6-29(21-28)36-32(41)24-10-8-23(9-11-24)31(40)35-26-14-12-25(13-15-26)33(42)37-30-7-4-18-39(2)22-30;;/h3-22H,1-2H3,(H2-,35,36,37,40,41,42);2*1H. The van der Waals surface area contributed by atoms with Gasteiger partial charge in [0.2, 0.25) is 0 Å². The van der Waals surface area contributed by atoms with E-state index >= 15 is 0 Å². The zero-order valence-corrected chi connectivity index (χ0v) is 28.2. The fourth-order valence-corrected chi connectivity index (χ4v) is 4.18. The summed E-state index contributed by atoms with van der Waals surface area (Å²) in [6.07, 6.45) is 7.58. The van der Waals surface area contributed by atoms with E-state index in [0.717, 1.165) is 11.4 Å². The van der Waals surface area contributed by atoms with Gasteiger partial charge in [0.15, 0.2) is 24.8 Å². The van der Waals surface area contributed by atoms with Gasteiger partial charge in [-0.3, -0.25) is 14.4 Å². The third-order valence-corrected chi connectivity index (χ3v) is 6.40. The molecule has 9 nitrogen and oxygen atoms in total. The van der Waals surface area contributed by atoms with E-state index < -0.39 is 0 Å². The number of nitrogens with one attached hydrogen (secondary N) is 4. The average molecular weight is 812 g/mol. The minimum Gasteiger partial charge on any atom is -1.00 e. The summed E-state index contributed by atoms with van der Waals surface area (Å²) in [5.41, 5.74) is 4.92. The van der Waals surface area contributed by atoms with Crippen molar-refractivity contribution in [2.45, 2.75) is 0 Å². The molecule has 0 aliphatic carbocycles. The van der Waals surface area contributed by atoms with Crippen LogP contribution in [0.5, 0.6) is 0 Å². The first-order chi connectivity index (χ1) is 20.3. The van der Waals surface area contributed by atoms with Gasteiger partial charge in [-0.05, 0) is 72.8 Å². The lowest BCUT2D eigenvalue weighted by molar-refractivity contribution is -0.671. The number of anilines is 5. The van der Waals surface area contributed by atoms with Gasteiger partial charge in [-0.1, -0.05) is 6.07 Å². The highest BCUT2D eigenvalue weighted by atomic mass is 127. The maximum atomic E-state index is 12.8. The molecule has 0 atom stereocenters. The Balaban J connectivity index is 0.00000264. The maximum absolute atomic E-state index is 12.8. The fourth-order valence-electron chi connectivity index (χ4n) is 4.18. The van der Waals surface area contributed by atoms with Crippen molar-refractivity contribution in [3.8, 4) is 0 Å². The molecule has 0 saturated heterocycles. The molecule has 224 valence electrons. The molecular weight excluding hydrogens is 782 g/mol. The molecule has 0 radical (unpaired) electrons. The van der Waals surface area contributed by atoms with E-state index in [1.54, 1.807) is 48.5 Å². The van der Waals surface area contributed by atoms with Crippen LogP contribution in [0.2, 0.25) is 0 Å². The Bertz CT molecular complexity index is 1750. The van der Waals surface area contributed by atoms with Crippen LogP contribution in [0.4, 0.5) is 28.4 Å². The summed E-state index contributed by atoms with van der Waals surface area (Å²) in [5, 5.41) is 11.9. The lowest BCUT2D eigenvalue weighted by atomic mass is 10.1. The molecule has 0 aliphatic heterocycles. The third-order valence-electron chi connectivity index (χ3n) is 6.40. The molecule has 3 amide bonds. The average Bonchev–Trinajstić information content (AvgIpc) is 2.99. The molecule has 2 heterocycles. The summed E-state index contributed by atoms with van der Waals surface area (Å²) in [6, 6.07) is 28.0. The number of carbonyl (C=O) groups excluding carboxylic acids is 3. The summed E-state index contributed by atoms with van der Waals surface area (Å²) in [7, 11) is 3.83. The van der Waals surface area contributed by atoms with Gasteiger partial charge in [0.1, 0.15) is 19.8 Å². The zero-order valence-electron chi connectivity index (χ0n) is 23.9. The minimum atomic E-state index is -0.329. The number of benzene rings is 3. The summed E-state index contributed by atoms with van der Waals surface area (Å²) in [5.74, 6) is -0.866. The first-order valence-corrected chi connectivity index (χ1v) is 13.2. The van der Waals surface area contributed by atoms with Crippen molar-refractivity contribution in [3.63, 3.8) is 0 Å². The number of halogens is 2. The summed E-state index contributed by atoms with van der Waals surface area (Å²) in [4.78, 5) is 38.2. The first-order valence-electron chi connectivity index (χ1n) is 13.2. The van der Waals surface area contributed by atoms with Crippen LogP contribution in [0.25, 0.3) is 0 Å². The summed E-state index contributed by atoms with van der Waals surface area (Å²) < 4.78 is 3.79. The quantitative estimate of drug-likeness (QED) is 0.117. The highest BCUT2D eigenvalue weighted by molar-refractivity contribution is 6.08. The third kappa shape index (κ3) is 9.31. The molecular formula is C33H30I2N6O3. The summed E-state index contributed by atoms with van der Waals surface area (Å²) in [6.45, 7) is 0. The molecule has 11 heteroatoms. The Morgan fingerprint density at radius 1 is 0.477 bits per heavy atom. The van der Waals surface area contributed by atoms with Gasteiger partial charge < -0.3 is 69.2 Å². The molecule has 44 heavy (non-hydrogen) atoms. The van der Waals surface area contributed by atoms with Crippen LogP contribution in [0.3, 0.4) is 0 Å². The number of aromatic nitrogens is 2. The molecule has 0 unspecified atom stereocenters. The van der Waals surface area contributed by atoms with E-state index in [9.17, 15) is 14.4 Å². The Morgan fingerprint density at radius 3 is 1.52 bits per heavy atom. The number of rotatable bonds is 8. The predicted molar refractivity (Wildman–Crippen MR) is 162 cm³/mol. The molecule has 4 N–H and O–H groups in total. The maximum Gasteiger partial charge on any atom is 0.255 e. The molecule has 5 rings (SSSR count). The number of hydrogen-bond donors (Lipinski definition) is 4. The van der Waals surface area contributed by atoms with E-state index in [0.29, 0.717) is 33.8 Å². The molecule has 2 aromatic heterocycles. The Kier molecular flexibility index (Phi) is 12.3. The first kappa shape index (κ1) is 34.1. The topological polar surface area (TPSA) is 107 Å². The van der Waals surface area contributed by atoms with Crippen LogP contribution < -0.4 is 78.4 Å². The number of pyridine rings is 2. The Labute approximate surface area is 289 Å². The minimum absolute atomic E-state index is 0. The van der Waals surface area contributed by atoms with E-state index in [2.05, 4.69) is 21.3 Å². The fraction of sp³-hybridized carbons (Fsp3) is 0.0606. The number of aryl methyl sites for hydroxylation is 2. The van der Waals surface area contributed by atoms with Gasteiger partial charge in [0.05, 0.1) is 5.69 Å². The Hall–Kier alpha value is -4.37. The van der Waals surface area contributed by atoms with Gasteiger partial charge in [0.25, 0.3) is 17.7 Å². The van der Waals surface area contributed by atoms with Crippen LogP contribution in [-0.2, 0) is 14.1 Å². The lowest BCUT2D eigenvalue weighted by Gasteiger charge is -2.10. The van der Waals surface area contributed by atoms with Crippen molar-refractivity contribution in [2.24, 2.45) is 14.1 Å². The van der Waals surface area contributed by atoms with Gasteiger partial charge >= 0.3 is 0 Å². The molecule has 5 aromatic rings. The number of amides is 3. The van der Waals surface area contributed by atoms with Crippen LogP contribution in [0.15, 0.2) is 122 Å². The van der Waals surface area contributed by atoms with Gasteiger partial charge in [-0.25, -0.2) is 9.13 Å². The van der Waals surface area contributed by atoms with Gasteiger partial charge in [-0.15, -0.1) is 0 Å². The Morgan fingerprint density at radius 2 is 0.955 bits per heavy atom. The molecule has 0 aliphatic rings. The smallest absolute Gasteiger partial charge is 0.255 e. The van der Waals surface area contributed by atoms with E-state index in [1.165, 1.54) is 0 Å². The van der Waals surface area contributed by atoms with E-state index in [1.807, 2.05) is 96.5 Å². The molecule has 3 aromatic carbocycles. The molecule has 0 bridgehead atoms. The highest BCUT2D eigenvalue weighted by Gasteiger charge is 2.12. The SMILES string of the molecule is C[n+]1ccc(Nc2cccc(NC(=O)c3ccc(C(=O)Nc4ccc(C(=O)Nc5ccc[n+](C)c5)cc4)cc3)c2)cc1.[I-].[I-]. The highest BCUT2D eigenvalue weighted by Crippen LogP contribution is 2.20. The van der Waals surface area contributed by atoms with Crippen molar-refractivity contribution >= 4 is 46.2 Å². The van der Waals surface area contributed by atoms with Crippen LogP contribution >= 0.6 is 0 Å². The van der Waals surface area contributed by atoms with Crippen molar-refractivity contribution in [1.82, 2.24) is 0 Å². The van der Waals surface area contributed by atoms with Crippen LogP contribution in [-0.4, -0.2) is 17.7 Å². The van der Waals surface area contributed by atoms with Gasteiger partial charge in [-0.2, -0.15) is 0 Å². The molecule has 0 fully saturated rings. The predicted octanol–water partition coefficient (Wildman–Crippen LogP) is -1.16. The number of hydrogen-bond acceptors (Lipinski definition) is 4. The molecule has 0 spiro atoms.